The number of hydrogen-bond acceptors (Lipinski definition) is 5. The third kappa shape index (κ3) is 4.62. The molecule has 6 nitrogen and oxygen atoms in total. The van der Waals surface area contributed by atoms with Gasteiger partial charge >= 0.3 is 0 Å². The van der Waals surface area contributed by atoms with E-state index in [1.165, 1.54) is 11.8 Å². The molecule has 1 heterocycles. The number of methoxy groups -OCH3 is 2. The van der Waals surface area contributed by atoms with E-state index >= 15 is 0 Å². The van der Waals surface area contributed by atoms with E-state index in [0.717, 1.165) is 22.2 Å². The smallest absolute Gasteiger partial charge is 0.234 e. The monoisotopic (exact) mass is 383 g/mol. The Hall–Kier alpha value is -2.93. The van der Waals surface area contributed by atoms with Gasteiger partial charge in [0.15, 0.2) is 5.16 Å². The fourth-order valence-electron chi connectivity index (χ4n) is 2.57. The first-order chi connectivity index (χ1) is 13.1. The molecule has 1 amide bonds. The molecule has 140 valence electrons. The topological polar surface area (TPSA) is 65.4 Å². The molecule has 27 heavy (non-hydrogen) atoms. The maximum absolute atomic E-state index is 12.4. The van der Waals surface area contributed by atoms with Crippen LogP contribution >= 0.6 is 11.8 Å². The lowest BCUT2D eigenvalue weighted by atomic mass is 10.2. The molecule has 1 N–H and O–H groups in total. The number of carbonyl (C=O) groups excluding carboxylic acids is 1. The summed E-state index contributed by atoms with van der Waals surface area (Å²) in [4.78, 5) is 16.7. The van der Waals surface area contributed by atoms with E-state index in [2.05, 4.69) is 10.3 Å². The molecule has 0 saturated carbocycles. The van der Waals surface area contributed by atoms with E-state index in [-0.39, 0.29) is 11.7 Å². The second-order valence-electron chi connectivity index (χ2n) is 5.82. The van der Waals surface area contributed by atoms with Crippen molar-refractivity contribution in [3.8, 4) is 17.2 Å². The minimum atomic E-state index is -0.117. The molecule has 0 aliphatic carbocycles. The molecule has 2 aromatic carbocycles. The van der Waals surface area contributed by atoms with Gasteiger partial charge in [0, 0.05) is 18.1 Å². The van der Waals surface area contributed by atoms with Gasteiger partial charge in [0.1, 0.15) is 11.5 Å². The van der Waals surface area contributed by atoms with Crippen LogP contribution in [0.25, 0.3) is 5.69 Å². The van der Waals surface area contributed by atoms with Crippen LogP contribution in [0, 0.1) is 6.92 Å². The number of carbonyl (C=O) groups is 1. The first kappa shape index (κ1) is 18.8. The molecule has 0 aliphatic rings. The van der Waals surface area contributed by atoms with Crippen molar-refractivity contribution < 1.29 is 14.3 Å². The predicted octanol–water partition coefficient (Wildman–Crippen LogP) is 3.93. The molecular weight excluding hydrogens is 362 g/mol. The van der Waals surface area contributed by atoms with Gasteiger partial charge in [-0.15, -0.1) is 0 Å². The molecule has 0 spiro atoms. The summed E-state index contributed by atoms with van der Waals surface area (Å²) >= 11 is 1.37. The zero-order valence-electron chi connectivity index (χ0n) is 15.4. The lowest BCUT2D eigenvalue weighted by molar-refractivity contribution is -0.113. The van der Waals surface area contributed by atoms with Crippen molar-refractivity contribution in [3.63, 3.8) is 0 Å². The second kappa shape index (κ2) is 8.64. The van der Waals surface area contributed by atoms with Crippen LogP contribution in [-0.4, -0.2) is 35.4 Å². The highest BCUT2D eigenvalue weighted by atomic mass is 32.2. The second-order valence-corrected chi connectivity index (χ2v) is 6.76. The third-order valence-electron chi connectivity index (χ3n) is 3.92. The van der Waals surface area contributed by atoms with Crippen LogP contribution in [0.3, 0.4) is 0 Å². The van der Waals surface area contributed by atoms with E-state index in [1.54, 1.807) is 20.4 Å². The van der Waals surface area contributed by atoms with Gasteiger partial charge in [0.05, 0.1) is 25.7 Å². The summed E-state index contributed by atoms with van der Waals surface area (Å²) in [5.41, 5.74) is 2.67. The SMILES string of the molecule is COc1ccc(-n2ccnc2SCC(=O)Nc2cc(C)ccc2OC)cc1. The first-order valence-corrected chi connectivity index (χ1v) is 9.34. The van der Waals surface area contributed by atoms with E-state index in [9.17, 15) is 4.79 Å². The van der Waals surface area contributed by atoms with Crippen LogP contribution in [0.2, 0.25) is 0 Å². The Morgan fingerprint density at radius 2 is 1.93 bits per heavy atom. The number of aryl methyl sites for hydroxylation is 1. The summed E-state index contributed by atoms with van der Waals surface area (Å²) in [5, 5.41) is 3.64. The number of ether oxygens (including phenoxy) is 2. The van der Waals surface area contributed by atoms with Crippen LogP contribution < -0.4 is 14.8 Å². The quantitative estimate of drug-likeness (QED) is 0.626. The zero-order chi connectivity index (χ0) is 19.2. The lowest BCUT2D eigenvalue weighted by Crippen LogP contribution is -2.15. The Labute approximate surface area is 162 Å². The average molecular weight is 383 g/mol. The Morgan fingerprint density at radius 1 is 1.15 bits per heavy atom. The number of benzene rings is 2. The van der Waals surface area contributed by atoms with Crippen molar-refractivity contribution in [2.45, 2.75) is 12.1 Å². The van der Waals surface area contributed by atoms with Gasteiger partial charge < -0.3 is 14.8 Å². The van der Waals surface area contributed by atoms with E-state index in [1.807, 2.05) is 60.2 Å². The largest absolute Gasteiger partial charge is 0.497 e. The molecule has 0 bridgehead atoms. The molecule has 1 aromatic heterocycles. The summed E-state index contributed by atoms with van der Waals surface area (Å²) in [5.74, 6) is 1.55. The van der Waals surface area contributed by atoms with Crippen LogP contribution in [0.1, 0.15) is 5.56 Å². The summed E-state index contributed by atoms with van der Waals surface area (Å²) in [6, 6.07) is 13.3. The molecule has 0 atom stereocenters. The van der Waals surface area contributed by atoms with Crippen LogP contribution in [0.5, 0.6) is 11.5 Å². The number of nitrogens with zero attached hydrogens (tertiary/aromatic N) is 2. The summed E-state index contributed by atoms with van der Waals surface area (Å²) in [7, 11) is 3.22. The molecule has 0 aliphatic heterocycles. The molecule has 3 rings (SSSR count). The molecule has 0 unspecified atom stereocenters. The highest BCUT2D eigenvalue weighted by Crippen LogP contribution is 2.26. The van der Waals surface area contributed by atoms with Crippen molar-refractivity contribution in [2.24, 2.45) is 0 Å². The van der Waals surface area contributed by atoms with E-state index in [4.69, 9.17) is 9.47 Å². The van der Waals surface area contributed by atoms with E-state index in [0.29, 0.717) is 11.4 Å². The van der Waals surface area contributed by atoms with Gasteiger partial charge in [-0.05, 0) is 48.9 Å². The molecule has 0 fully saturated rings. The van der Waals surface area contributed by atoms with E-state index < -0.39 is 0 Å². The predicted molar refractivity (Wildman–Crippen MR) is 107 cm³/mol. The number of thioether (sulfide) groups is 1. The summed E-state index contributed by atoms with van der Waals surface area (Å²) in [6.45, 7) is 1.97. The van der Waals surface area contributed by atoms with Crippen molar-refractivity contribution in [1.82, 2.24) is 9.55 Å². The Balaban J connectivity index is 1.66. The average Bonchev–Trinajstić information content (AvgIpc) is 3.15. The Morgan fingerprint density at radius 3 is 2.63 bits per heavy atom. The molecular formula is C20H21N3O3S. The zero-order valence-corrected chi connectivity index (χ0v) is 16.2. The van der Waals surface area contributed by atoms with Gasteiger partial charge in [-0.2, -0.15) is 0 Å². The molecule has 0 saturated heterocycles. The summed E-state index contributed by atoms with van der Waals surface area (Å²) < 4.78 is 12.4. The lowest BCUT2D eigenvalue weighted by Gasteiger charge is -2.11. The number of amides is 1. The normalized spacial score (nSPS) is 10.5. The maximum atomic E-state index is 12.4. The fourth-order valence-corrected chi connectivity index (χ4v) is 3.34. The molecule has 0 radical (unpaired) electrons. The van der Waals surface area contributed by atoms with Gasteiger partial charge in [-0.3, -0.25) is 9.36 Å². The number of aromatic nitrogens is 2. The Bertz CT molecular complexity index is 922. The van der Waals surface area contributed by atoms with Crippen molar-refractivity contribution in [1.29, 1.82) is 0 Å². The number of anilines is 1. The van der Waals surface area contributed by atoms with Crippen molar-refractivity contribution in [2.75, 3.05) is 25.3 Å². The van der Waals surface area contributed by atoms with Crippen molar-refractivity contribution >= 4 is 23.4 Å². The van der Waals surface area contributed by atoms with Gasteiger partial charge in [0.2, 0.25) is 5.91 Å². The van der Waals surface area contributed by atoms with Gasteiger partial charge in [-0.25, -0.2) is 4.98 Å². The Kier molecular flexibility index (Phi) is 6.03. The minimum absolute atomic E-state index is 0.117. The number of imidazole rings is 1. The highest BCUT2D eigenvalue weighted by Gasteiger charge is 2.11. The van der Waals surface area contributed by atoms with Crippen LogP contribution in [0.15, 0.2) is 60.0 Å². The number of hydrogen-bond donors (Lipinski definition) is 1. The summed E-state index contributed by atoms with van der Waals surface area (Å²) in [6.07, 6.45) is 3.58. The molecule has 7 heteroatoms. The maximum Gasteiger partial charge on any atom is 0.234 e. The van der Waals surface area contributed by atoms with Crippen LogP contribution in [0.4, 0.5) is 5.69 Å². The van der Waals surface area contributed by atoms with Crippen molar-refractivity contribution in [3.05, 3.63) is 60.4 Å². The van der Waals surface area contributed by atoms with Crippen LogP contribution in [-0.2, 0) is 4.79 Å². The number of nitrogens with one attached hydrogen (secondary N) is 1. The minimum Gasteiger partial charge on any atom is -0.497 e. The highest BCUT2D eigenvalue weighted by molar-refractivity contribution is 7.99. The van der Waals surface area contributed by atoms with Gasteiger partial charge in [-0.1, -0.05) is 17.8 Å². The number of rotatable bonds is 7. The standard InChI is InChI=1S/C20H21N3O3S/c1-14-4-9-18(26-3)17(12-14)22-19(24)13-27-20-21-10-11-23(20)15-5-7-16(25-2)8-6-15/h4-12H,13H2,1-3H3,(H,22,24). The van der Waals surface area contributed by atoms with Gasteiger partial charge in [0.25, 0.3) is 0 Å². The fraction of sp³-hybridized carbons (Fsp3) is 0.200. The molecule has 3 aromatic rings. The third-order valence-corrected chi connectivity index (χ3v) is 4.89. The first-order valence-electron chi connectivity index (χ1n) is 8.36.